The van der Waals surface area contributed by atoms with Crippen molar-refractivity contribution in [1.29, 1.82) is 0 Å². The lowest BCUT2D eigenvalue weighted by molar-refractivity contribution is 0.137. The lowest BCUT2D eigenvalue weighted by Gasteiger charge is -2.35. The number of amides is 2. The number of ether oxygens (including phenoxy) is 1. The van der Waals surface area contributed by atoms with Crippen molar-refractivity contribution < 1.29 is 9.53 Å². The molecule has 1 heterocycles. The van der Waals surface area contributed by atoms with Gasteiger partial charge in [0.05, 0.1) is 0 Å². The average molecular weight is 285 g/mol. The van der Waals surface area contributed by atoms with E-state index in [1.165, 1.54) is 0 Å². The van der Waals surface area contributed by atoms with Gasteiger partial charge in [0.25, 0.3) is 0 Å². The number of piperidine rings is 1. The van der Waals surface area contributed by atoms with Crippen LogP contribution >= 0.6 is 0 Å². The molecule has 0 aromatic carbocycles. The number of hydrogen-bond acceptors (Lipinski definition) is 3. The van der Waals surface area contributed by atoms with Crippen LogP contribution in [-0.4, -0.2) is 69.3 Å². The van der Waals surface area contributed by atoms with Crippen LogP contribution < -0.4 is 5.32 Å². The molecule has 5 nitrogen and oxygen atoms in total. The molecular weight excluding hydrogens is 254 g/mol. The molecule has 0 radical (unpaired) electrons. The van der Waals surface area contributed by atoms with Gasteiger partial charge in [-0.1, -0.05) is 13.8 Å². The van der Waals surface area contributed by atoms with Crippen molar-refractivity contribution in [2.75, 3.05) is 47.4 Å². The number of nitrogens with one attached hydrogen (secondary N) is 1. The van der Waals surface area contributed by atoms with E-state index in [0.717, 1.165) is 45.5 Å². The van der Waals surface area contributed by atoms with Gasteiger partial charge in [0.2, 0.25) is 0 Å². The zero-order valence-electron chi connectivity index (χ0n) is 13.7. The molecule has 1 saturated heterocycles. The van der Waals surface area contributed by atoms with Crippen LogP contribution in [0.5, 0.6) is 0 Å². The van der Waals surface area contributed by atoms with E-state index >= 15 is 0 Å². The van der Waals surface area contributed by atoms with Crippen LogP contribution in [0.3, 0.4) is 0 Å². The number of nitrogens with zero attached hydrogens (tertiary/aromatic N) is 2. The van der Waals surface area contributed by atoms with Crippen LogP contribution in [0.2, 0.25) is 0 Å². The number of carbonyl (C=O) groups is 1. The minimum absolute atomic E-state index is 0.129. The summed E-state index contributed by atoms with van der Waals surface area (Å²) in [5.74, 6) is 0. The van der Waals surface area contributed by atoms with Gasteiger partial charge in [-0.25, -0.2) is 4.79 Å². The van der Waals surface area contributed by atoms with Crippen molar-refractivity contribution in [2.24, 2.45) is 5.41 Å². The maximum absolute atomic E-state index is 11.9. The van der Waals surface area contributed by atoms with E-state index in [-0.39, 0.29) is 11.4 Å². The molecule has 0 atom stereocenters. The average Bonchev–Trinajstić information content (AvgIpc) is 2.43. The Morgan fingerprint density at radius 1 is 1.35 bits per heavy atom. The smallest absolute Gasteiger partial charge is 0.319 e. The van der Waals surface area contributed by atoms with Crippen LogP contribution in [0.15, 0.2) is 0 Å². The number of hydrogen-bond donors (Lipinski definition) is 1. The van der Waals surface area contributed by atoms with Gasteiger partial charge in [-0.2, -0.15) is 0 Å². The first-order chi connectivity index (χ1) is 9.35. The van der Waals surface area contributed by atoms with Crippen LogP contribution in [-0.2, 0) is 4.74 Å². The Balaban J connectivity index is 2.27. The van der Waals surface area contributed by atoms with Gasteiger partial charge in [0, 0.05) is 53.5 Å². The molecular formula is C15H31N3O2. The number of carbonyl (C=O) groups excluding carboxylic acids is 1. The minimum atomic E-state index is 0.129. The summed E-state index contributed by atoms with van der Waals surface area (Å²) in [6.07, 6.45) is 3.15. The first-order valence-corrected chi connectivity index (χ1v) is 7.54. The van der Waals surface area contributed by atoms with E-state index < -0.39 is 0 Å². The second-order valence-electron chi connectivity index (χ2n) is 6.73. The van der Waals surface area contributed by atoms with E-state index in [0.29, 0.717) is 6.04 Å². The van der Waals surface area contributed by atoms with Gasteiger partial charge in [-0.05, 0) is 24.7 Å². The van der Waals surface area contributed by atoms with Crippen molar-refractivity contribution in [3.05, 3.63) is 0 Å². The summed E-state index contributed by atoms with van der Waals surface area (Å²) in [7, 11) is 5.37. The Labute approximate surface area is 123 Å². The molecule has 1 fully saturated rings. The summed E-state index contributed by atoms with van der Waals surface area (Å²) in [5.41, 5.74) is 0.257. The van der Waals surface area contributed by atoms with E-state index in [2.05, 4.69) is 19.2 Å². The summed E-state index contributed by atoms with van der Waals surface area (Å²) in [5, 5.41) is 3.65. The Morgan fingerprint density at radius 3 is 2.45 bits per heavy atom. The molecule has 20 heavy (non-hydrogen) atoms. The van der Waals surface area contributed by atoms with Crippen LogP contribution in [0.4, 0.5) is 4.79 Å². The maximum Gasteiger partial charge on any atom is 0.319 e. The van der Waals surface area contributed by atoms with Crippen LogP contribution in [0.25, 0.3) is 0 Å². The molecule has 0 bridgehead atoms. The third-order valence-corrected chi connectivity index (χ3v) is 4.00. The SMILES string of the molecule is COCCC(C)(C)CNC1CCN(C(=O)N(C)C)CC1. The largest absolute Gasteiger partial charge is 0.385 e. The molecule has 2 amide bonds. The molecule has 1 aliphatic rings. The van der Waals surface area contributed by atoms with Gasteiger partial charge >= 0.3 is 6.03 Å². The van der Waals surface area contributed by atoms with Gasteiger partial charge in [-0.3, -0.25) is 0 Å². The molecule has 0 aromatic heterocycles. The minimum Gasteiger partial charge on any atom is -0.385 e. The molecule has 1 rings (SSSR count). The highest BCUT2D eigenvalue weighted by atomic mass is 16.5. The number of rotatable bonds is 6. The van der Waals surface area contributed by atoms with Crippen molar-refractivity contribution in [3.63, 3.8) is 0 Å². The molecule has 5 heteroatoms. The van der Waals surface area contributed by atoms with Crippen LogP contribution in [0, 0.1) is 5.41 Å². The zero-order chi connectivity index (χ0) is 15.2. The number of urea groups is 1. The van der Waals surface area contributed by atoms with Gasteiger partial charge in [-0.15, -0.1) is 0 Å². The lowest BCUT2D eigenvalue weighted by atomic mass is 9.89. The molecule has 1 N–H and O–H groups in total. The second kappa shape index (κ2) is 7.84. The summed E-state index contributed by atoms with van der Waals surface area (Å²) < 4.78 is 5.16. The fourth-order valence-corrected chi connectivity index (χ4v) is 2.45. The summed E-state index contributed by atoms with van der Waals surface area (Å²) in [6.45, 7) is 8.06. The first kappa shape index (κ1) is 17.2. The molecule has 0 saturated carbocycles. The molecule has 0 aromatic rings. The Bertz CT molecular complexity index is 297. The summed E-state index contributed by atoms with van der Waals surface area (Å²) in [6, 6.07) is 0.659. The Morgan fingerprint density at radius 2 is 1.95 bits per heavy atom. The van der Waals surface area contributed by atoms with Crippen molar-refractivity contribution in [3.8, 4) is 0 Å². The summed E-state index contributed by atoms with van der Waals surface area (Å²) >= 11 is 0. The quantitative estimate of drug-likeness (QED) is 0.809. The van der Waals surface area contributed by atoms with E-state index in [9.17, 15) is 4.79 Å². The standard InChI is InChI=1S/C15H31N3O2/c1-15(2,8-11-20-5)12-16-13-6-9-18(10-7-13)14(19)17(3)4/h13,16H,6-12H2,1-5H3. The second-order valence-corrected chi connectivity index (χ2v) is 6.73. The van der Waals surface area contributed by atoms with E-state index in [4.69, 9.17) is 4.74 Å². The Hall–Kier alpha value is -0.810. The first-order valence-electron chi connectivity index (χ1n) is 7.54. The predicted octanol–water partition coefficient (Wildman–Crippen LogP) is 1.78. The van der Waals surface area contributed by atoms with Crippen molar-refractivity contribution in [1.82, 2.24) is 15.1 Å². The highest BCUT2D eigenvalue weighted by Crippen LogP contribution is 2.20. The molecule has 0 aliphatic carbocycles. The van der Waals surface area contributed by atoms with Crippen molar-refractivity contribution >= 4 is 6.03 Å². The highest BCUT2D eigenvalue weighted by Gasteiger charge is 2.25. The van der Waals surface area contributed by atoms with Crippen molar-refractivity contribution in [2.45, 2.75) is 39.2 Å². The van der Waals surface area contributed by atoms with E-state index in [1.807, 2.05) is 19.0 Å². The van der Waals surface area contributed by atoms with Crippen LogP contribution in [0.1, 0.15) is 33.1 Å². The Kier molecular flexibility index (Phi) is 6.76. The maximum atomic E-state index is 11.9. The highest BCUT2D eigenvalue weighted by molar-refractivity contribution is 5.73. The molecule has 0 unspecified atom stereocenters. The lowest BCUT2D eigenvalue weighted by Crippen LogP contribution is -2.49. The monoisotopic (exact) mass is 285 g/mol. The molecule has 1 aliphatic heterocycles. The zero-order valence-corrected chi connectivity index (χ0v) is 13.7. The normalized spacial score (nSPS) is 17.4. The third-order valence-electron chi connectivity index (χ3n) is 4.00. The predicted molar refractivity (Wildman–Crippen MR) is 82.0 cm³/mol. The van der Waals surface area contributed by atoms with E-state index in [1.54, 1.807) is 12.0 Å². The number of methoxy groups -OCH3 is 1. The summed E-state index contributed by atoms with van der Waals surface area (Å²) in [4.78, 5) is 15.5. The third kappa shape index (κ3) is 5.67. The van der Waals surface area contributed by atoms with Gasteiger partial charge in [0.15, 0.2) is 0 Å². The fourth-order valence-electron chi connectivity index (χ4n) is 2.45. The van der Waals surface area contributed by atoms with Gasteiger partial charge in [0.1, 0.15) is 0 Å². The molecule has 118 valence electrons. The molecule has 0 spiro atoms. The number of likely N-dealkylation sites (tertiary alicyclic amines) is 1. The van der Waals surface area contributed by atoms with Gasteiger partial charge < -0.3 is 19.9 Å². The fraction of sp³-hybridized carbons (Fsp3) is 0.933. The topological polar surface area (TPSA) is 44.8 Å².